The fraction of sp³-hybridized carbons (Fsp3) is 0.933. The third-order valence-corrected chi connectivity index (χ3v) is 4.49. The van der Waals surface area contributed by atoms with Crippen molar-refractivity contribution in [3.05, 3.63) is 0 Å². The number of guanidine groups is 1. The minimum absolute atomic E-state index is 0. The second kappa shape index (κ2) is 7.82. The van der Waals surface area contributed by atoms with Gasteiger partial charge in [-0.1, -0.05) is 0 Å². The van der Waals surface area contributed by atoms with Crippen LogP contribution in [0, 0.1) is 11.8 Å². The Bertz CT molecular complexity index is 326. The maximum Gasteiger partial charge on any atom is 0.191 e. The van der Waals surface area contributed by atoms with Crippen LogP contribution < -0.4 is 10.6 Å². The van der Waals surface area contributed by atoms with Crippen molar-refractivity contribution in [2.45, 2.75) is 45.1 Å². The van der Waals surface area contributed by atoms with Gasteiger partial charge < -0.3 is 15.5 Å². The van der Waals surface area contributed by atoms with Crippen LogP contribution in [0.25, 0.3) is 0 Å². The minimum Gasteiger partial charge on any atom is -0.357 e. The van der Waals surface area contributed by atoms with Crippen molar-refractivity contribution in [2.24, 2.45) is 16.8 Å². The molecule has 0 spiro atoms. The second-order valence-corrected chi connectivity index (χ2v) is 6.42. The van der Waals surface area contributed by atoms with Crippen LogP contribution in [0.3, 0.4) is 0 Å². The van der Waals surface area contributed by atoms with Gasteiger partial charge in [-0.05, 0) is 57.4 Å². The van der Waals surface area contributed by atoms with E-state index in [0.29, 0.717) is 0 Å². The number of nitrogens with one attached hydrogen (secondary N) is 2. The molecule has 3 aliphatic rings. The average molecular weight is 392 g/mol. The molecule has 1 unspecified atom stereocenters. The molecule has 2 N–H and O–H groups in total. The molecule has 1 aliphatic heterocycles. The van der Waals surface area contributed by atoms with Gasteiger partial charge in [0, 0.05) is 32.2 Å². The predicted octanol–water partition coefficient (Wildman–Crippen LogP) is 2.05. The molecular formula is C15H29IN4. The molecule has 2 aliphatic carbocycles. The number of likely N-dealkylation sites (tertiary alicyclic amines) is 1. The number of nitrogens with zero attached hydrogens (tertiary/aromatic N) is 2. The zero-order valence-electron chi connectivity index (χ0n) is 12.6. The monoisotopic (exact) mass is 392 g/mol. The van der Waals surface area contributed by atoms with E-state index in [2.05, 4.69) is 22.5 Å². The maximum absolute atomic E-state index is 4.78. The Morgan fingerprint density at radius 3 is 2.55 bits per heavy atom. The number of hydrogen-bond acceptors (Lipinski definition) is 2. The first-order valence-electron chi connectivity index (χ1n) is 8.11. The van der Waals surface area contributed by atoms with Crippen LogP contribution in [0.15, 0.2) is 4.99 Å². The first-order valence-corrected chi connectivity index (χ1v) is 8.11. The van der Waals surface area contributed by atoms with Crippen LogP contribution in [0.4, 0.5) is 0 Å². The molecule has 1 saturated heterocycles. The highest BCUT2D eigenvalue weighted by Gasteiger charge is 2.34. The number of rotatable bonds is 6. The van der Waals surface area contributed by atoms with E-state index >= 15 is 0 Å². The van der Waals surface area contributed by atoms with E-state index in [1.807, 2.05) is 0 Å². The summed E-state index contributed by atoms with van der Waals surface area (Å²) in [7, 11) is 0. The van der Waals surface area contributed by atoms with Crippen molar-refractivity contribution >= 4 is 29.9 Å². The van der Waals surface area contributed by atoms with E-state index in [1.54, 1.807) is 0 Å². The predicted molar refractivity (Wildman–Crippen MR) is 94.8 cm³/mol. The third kappa shape index (κ3) is 5.06. The lowest BCUT2D eigenvalue weighted by atomic mass is 10.1. The summed E-state index contributed by atoms with van der Waals surface area (Å²) in [6, 6.07) is 0.926. The Labute approximate surface area is 140 Å². The summed E-state index contributed by atoms with van der Waals surface area (Å²) in [6.07, 6.45) is 6.99. The molecule has 0 aromatic rings. The van der Waals surface area contributed by atoms with E-state index in [0.717, 1.165) is 43.5 Å². The smallest absolute Gasteiger partial charge is 0.191 e. The molecule has 0 bridgehead atoms. The van der Waals surface area contributed by atoms with E-state index < -0.39 is 0 Å². The van der Waals surface area contributed by atoms with E-state index in [4.69, 9.17) is 4.99 Å². The summed E-state index contributed by atoms with van der Waals surface area (Å²) < 4.78 is 0. The van der Waals surface area contributed by atoms with Crippen molar-refractivity contribution in [3.63, 3.8) is 0 Å². The first kappa shape index (κ1) is 16.3. The first-order chi connectivity index (χ1) is 9.35. The van der Waals surface area contributed by atoms with Gasteiger partial charge in [0.2, 0.25) is 0 Å². The molecule has 4 nitrogen and oxygen atoms in total. The summed E-state index contributed by atoms with van der Waals surface area (Å²) >= 11 is 0. The Kier molecular flexibility index (Phi) is 6.39. The van der Waals surface area contributed by atoms with Crippen molar-refractivity contribution in [3.8, 4) is 0 Å². The molecule has 116 valence electrons. The number of halogens is 1. The Morgan fingerprint density at radius 2 is 1.90 bits per heavy atom. The maximum atomic E-state index is 4.78. The quantitative estimate of drug-likeness (QED) is 0.413. The Hall–Kier alpha value is -0.0400. The molecule has 1 atom stereocenters. The van der Waals surface area contributed by atoms with Gasteiger partial charge in [0.1, 0.15) is 0 Å². The molecule has 3 rings (SSSR count). The molecule has 0 radical (unpaired) electrons. The summed E-state index contributed by atoms with van der Waals surface area (Å²) in [5.41, 5.74) is 0. The van der Waals surface area contributed by atoms with Crippen LogP contribution in [0.2, 0.25) is 0 Å². The van der Waals surface area contributed by atoms with Crippen LogP contribution in [0.5, 0.6) is 0 Å². The Balaban J connectivity index is 0.00000147. The van der Waals surface area contributed by atoms with Gasteiger partial charge in [-0.25, -0.2) is 0 Å². The molecule has 5 heteroatoms. The summed E-state index contributed by atoms with van der Waals surface area (Å²) in [4.78, 5) is 7.45. The molecule has 3 fully saturated rings. The van der Waals surface area contributed by atoms with E-state index in [9.17, 15) is 0 Å². The molecular weight excluding hydrogens is 363 g/mol. The fourth-order valence-corrected chi connectivity index (χ4v) is 2.91. The summed E-state index contributed by atoms with van der Waals surface area (Å²) in [5.74, 6) is 2.71. The number of hydrogen-bond donors (Lipinski definition) is 2. The zero-order chi connectivity index (χ0) is 13.1. The van der Waals surface area contributed by atoms with Gasteiger partial charge in [0.15, 0.2) is 5.96 Å². The van der Waals surface area contributed by atoms with E-state index in [1.165, 1.54) is 45.2 Å². The molecule has 1 heterocycles. The lowest BCUT2D eigenvalue weighted by Gasteiger charge is -2.15. The van der Waals surface area contributed by atoms with Gasteiger partial charge in [0.05, 0.1) is 0 Å². The fourth-order valence-electron chi connectivity index (χ4n) is 2.91. The summed E-state index contributed by atoms with van der Waals surface area (Å²) in [6.45, 7) is 7.76. The number of aliphatic imine (C=N–C) groups is 1. The van der Waals surface area contributed by atoms with Crippen LogP contribution in [-0.4, -0.2) is 49.6 Å². The van der Waals surface area contributed by atoms with Crippen molar-refractivity contribution in [1.82, 2.24) is 15.5 Å². The van der Waals surface area contributed by atoms with E-state index in [-0.39, 0.29) is 24.0 Å². The van der Waals surface area contributed by atoms with Gasteiger partial charge in [-0.2, -0.15) is 0 Å². The molecule has 0 amide bonds. The summed E-state index contributed by atoms with van der Waals surface area (Å²) in [5, 5.41) is 6.84. The molecule has 0 aromatic carbocycles. The third-order valence-electron chi connectivity index (χ3n) is 4.49. The second-order valence-electron chi connectivity index (χ2n) is 6.42. The highest BCUT2D eigenvalue weighted by Crippen LogP contribution is 2.31. The zero-order valence-corrected chi connectivity index (χ0v) is 14.9. The average Bonchev–Trinajstić information content (AvgIpc) is 3.33. The van der Waals surface area contributed by atoms with Crippen LogP contribution in [0.1, 0.15) is 39.0 Å². The largest absolute Gasteiger partial charge is 0.357 e. The molecule has 2 saturated carbocycles. The van der Waals surface area contributed by atoms with Crippen LogP contribution in [-0.2, 0) is 0 Å². The van der Waals surface area contributed by atoms with Crippen molar-refractivity contribution in [2.75, 3.05) is 32.7 Å². The van der Waals surface area contributed by atoms with Crippen molar-refractivity contribution in [1.29, 1.82) is 0 Å². The Morgan fingerprint density at radius 1 is 1.10 bits per heavy atom. The van der Waals surface area contributed by atoms with Gasteiger partial charge in [-0.3, -0.25) is 4.99 Å². The SMILES string of the molecule is CCNC(=NCC1CCN(C2CC2)C1)NCC1CC1.I. The van der Waals surface area contributed by atoms with Gasteiger partial charge in [-0.15, -0.1) is 24.0 Å². The lowest BCUT2D eigenvalue weighted by Crippen LogP contribution is -2.38. The lowest BCUT2D eigenvalue weighted by molar-refractivity contribution is 0.315. The van der Waals surface area contributed by atoms with Crippen LogP contribution >= 0.6 is 24.0 Å². The van der Waals surface area contributed by atoms with Crippen molar-refractivity contribution < 1.29 is 0 Å². The normalized spacial score (nSPS) is 27.2. The van der Waals surface area contributed by atoms with Gasteiger partial charge >= 0.3 is 0 Å². The molecule has 20 heavy (non-hydrogen) atoms. The van der Waals surface area contributed by atoms with Gasteiger partial charge in [0.25, 0.3) is 0 Å². The standard InChI is InChI=1S/C15H28N4.HI/c1-2-16-15(17-9-12-3-4-12)18-10-13-7-8-19(11-13)14-5-6-14;/h12-14H,2-11H2,1H3,(H2,16,17,18);1H. The highest BCUT2D eigenvalue weighted by molar-refractivity contribution is 14.0. The topological polar surface area (TPSA) is 39.7 Å². The minimum atomic E-state index is 0. The highest BCUT2D eigenvalue weighted by atomic mass is 127. The molecule has 0 aromatic heterocycles.